The molecule has 32 heavy (non-hydrogen) atoms. The Balaban J connectivity index is 1.71. The van der Waals surface area contributed by atoms with Gasteiger partial charge in [-0.1, -0.05) is 83.9 Å². The van der Waals surface area contributed by atoms with Crippen LogP contribution in [0.2, 0.25) is 0 Å². The number of benzene rings is 2. The van der Waals surface area contributed by atoms with Crippen molar-refractivity contribution in [3.05, 3.63) is 105 Å². The summed E-state index contributed by atoms with van der Waals surface area (Å²) in [7, 11) is -3.35. The van der Waals surface area contributed by atoms with Crippen LogP contribution < -0.4 is 5.09 Å². The minimum Gasteiger partial charge on any atom is -0.306 e. The number of halogens is 3. The summed E-state index contributed by atoms with van der Waals surface area (Å²) in [4.78, 5) is 5.64. The summed E-state index contributed by atoms with van der Waals surface area (Å²) in [6.45, 7) is 0. The van der Waals surface area contributed by atoms with E-state index in [-0.39, 0.29) is 0 Å². The van der Waals surface area contributed by atoms with Crippen molar-refractivity contribution in [2.75, 3.05) is 5.09 Å². The van der Waals surface area contributed by atoms with Gasteiger partial charge in [0, 0.05) is 17.0 Å². The molecule has 0 saturated heterocycles. The van der Waals surface area contributed by atoms with E-state index in [4.69, 9.17) is 23.2 Å². The predicted molar refractivity (Wildman–Crippen MR) is 145 cm³/mol. The van der Waals surface area contributed by atoms with E-state index in [1.165, 1.54) is 23.0 Å². The first-order chi connectivity index (χ1) is 15.4. The summed E-state index contributed by atoms with van der Waals surface area (Å²) in [6.07, 6.45) is 0. The van der Waals surface area contributed by atoms with Crippen molar-refractivity contribution < 1.29 is 4.57 Å². The molecule has 0 unspecified atom stereocenters. The van der Waals surface area contributed by atoms with Crippen molar-refractivity contribution in [3.8, 4) is 10.6 Å². The van der Waals surface area contributed by atoms with Crippen LogP contribution in [0, 0.1) is 0 Å². The van der Waals surface area contributed by atoms with Gasteiger partial charge in [0.05, 0.1) is 24.4 Å². The van der Waals surface area contributed by atoms with Gasteiger partial charge in [-0.3, -0.25) is 4.57 Å². The molecular weight excluding hydrogens is 566 g/mol. The van der Waals surface area contributed by atoms with E-state index in [1.54, 1.807) is 11.3 Å². The molecule has 0 saturated carbocycles. The molecule has 9 heteroatoms. The van der Waals surface area contributed by atoms with Crippen molar-refractivity contribution in [2.24, 2.45) is 0 Å². The molecule has 2 aromatic carbocycles. The average molecular weight is 582 g/mol. The van der Waals surface area contributed by atoms with Gasteiger partial charge in [-0.15, -0.1) is 22.7 Å². The molecular formula is C23H16BrCl2N2OPS2. The van der Waals surface area contributed by atoms with Crippen molar-refractivity contribution in [2.45, 2.75) is 0 Å². The number of hydrogen-bond acceptors (Lipinski definition) is 4. The SMILES string of the molecule is O=P(/C=C(\Cl)c1ccccc1)(/C=C(\Cl)c1ccccc1)Nc1nc(-c2ccc(Br)s2)cs1. The number of thiazole rings is 1. The zero-order valence-electron chi connectivity index (χ0n) is 16.4. The molecule has 0 aliphatic carbocycles. The first-order valence-electron chi connectivity index (χ1n) is 9.38. The molecule has 0 aliphatic heterocycles. The molecule has 1 N–H and O–H groups in total. The van der Waals surface area contributed by atoms with Gasteiger partial charge in [0.1, 0.15) is 0 Å². The highest BCUT2D eigenvalue weighted by molar-refractivity contribution is 9.11. The third kappa shape index (κ3) is 6.02. The first-order valence-corrected chi connectivity index (χ1v) is 14.5. The number of nitrogens with zero attached hydrogens (tertiary/aromatic N) is 1. The molecule has 0 spiro atoms. The zero-order chi connectivity index (χ0) is 22.6. The second kappa shape index (κ2) is 10.5. The first kappa shape index (κ1) is 23.5. The molecule has 0 amide bonds. The average Bonchev–Trinajstić information content (AvgIpc) is 3.43. The third-order valence-electron chi connectivity index (χ3n) is 4.31. The smallest absolute Gasteiger partial charge is 0.217 e. The van der Waals surface area contributed by atoms with Crippen molar-refractivity contribution >= 4 is 84.3 Å². The molecule has 0 radical (unpaired) electrons. The number of nitrogens with one attached hydrogen (secondary N) is 1. The summed E-state index contributed by atoms with van der Waals surface area (Å²) >= 11 is 19.5. The Kier molecular flexibility index (Phi) is 7.72. The summed E-state index contributed by atoms with van der Waals surface area (Å²) in [5.74, 6) is 3.05. The molecule has 2 heterocycles. The van der Waals surface area contributed by atoms with E-state index in [0.717, 1.165) is 25.5 Å². The van der Waals surface area contributed by atoms with Gasteiger partial charge in [-0.25, -0.2) is 4.98 Å². The monoisotopic (exact) mass is 580 g/mol. The van der Waals surface area contributed by atoms with Crippen LogP contribution >= 0.6 is 69.1 Å². The summed E-state index contributed by atoms with van der Waals surface area (Å²) in [6, 6.07) is 22.7. The Morgan fingerprint density at radius 1 is 0.906 bits per heavy atom. The van der Waals surface area contributed by atoms with Crippen LogP contribution in [0.5, 0.6) is 0 Å². The van der Waals surface area contributed by atoms with Crippen LogP contribution in [0.3, 0.4) is 0 Å². The summed E-state index contributed by atoms with van der Waals surface area (Å²) in [5, 5.41) is 6.28. The molecule has 162 valence electrons. The van der Waals surface area contributed by atoms with Crippen LogP contribution in [0.1, 0.15) is 11.1 Å². The summed E-state index contributed by atoms with van der Waals surface area (Å²) in [5.41, 5.74) is 2.35. The molecule has 3 nitrogen and oxygen atoms in total. The van der Waals surface area contributed by atoms with Gasteiger partial charge in [0.25, 0.3) is 0 Å². The minimum atomic E-state index is -3.35. The number of rotatable bonds is 7. The van der Waals surface area contributed by atoms with Crippen LogP contribution in [0.4, 0.5) is 5.13 Å². The molecule has 4 rings (SSSR count). The van der Waals surface area contributed by atoms with Gasteiger partial charge in [0.15, 0.2) is 5.13 Å². The van der Waals surface area contributed by atoms with E-state index in [0.29, 0.717) is 15.2 Å². The topological polar surface area (TPSA) is 42.0 Å². The Labute approximate surface area is 213 Å². The Hall–Kier alpha value is -1.66. The highest BCUT2D eigenvalue weighted by atomic mass is 79.9. The Bertz CT molecular complexity index is 1260. The normalized spacial score (nSPS) is 12.7. The lowest BCUT2D eigenvalue weighted by molar-refractivity contribution is 0.589. The Morgan fingerprint density at radius 2 is 1.47 bits per heavy atom. The molecule has 0 atom stereocenters. The highest BCUT2D eigenvalue weighted by Crippen LogP contribution is 2.54. The molecule has 4 aromatic rings. The van der Waals surface area contributed by atoms with E-state index in [9.17, 15) is 4.57 Å². The van der Waals surface area contributed by atoms with Gasteiger partial charge in [0.2, 0.25) is 7.29 Å². The maximum absolute atomic E-state index is 14.0. The van der Waals surface area contributed by atoms with Crippen molar-refractivity contribution in [1.82, 2.24) is 4.98 Å². The van der Waals surface area contributed by atoms with Gasteiger partial charge in [-0.05, 0) is 39.2 Å². The van der Waals surface area contributed by atoms with Gasteiger partial charge >= 0.3 is 0 Å². The predicted octanol–water partition coefficient (Wildman–Crippen LogP) is 9.80. The number of aromatic nitrogens is 1. The third-order valence-corrected chi connectivity index (χ3v) is 9.67. The minimum absolute atomic E-state index is 0.370. The molecule has 0 fully saturated rings. The molecule has 0 bridgehead atoms. The van der Waals surface area contributed by atoms with Crippen LogP contribution in [0.15, 0.2) is 93.6 Å². The van der Waals surface area contributed by atoms with E-state index < -0.39 is 7.29 Å². The van der Waals surface area contributed by atoms with E-state index in [1.807, 2.05) is 78.2 Å². The maximum Gasteiger partial charge on any atom is 0.217 e. The Morgan fingerprint density at radius 3 is 1.97 bits per heavy atom. The molecule has 0 aliphatic rings. The number of hydrogen-bond donors (Lipinski definition) is 1. The lowest BCUT2D eigenvalue weighted by atomic mass is 10.2. The highest BCUT2D eigenvalue weighted by Gasteiger charge is 2.21. The zero-order valence-corrected chi connectivity index (χ0v) is 22.0. The number of anilines is 1. The fourth-order valence-corrected chi connectivity index (χ4v) is 8.08. The van der Waals surface area contributed by atoms with Crippen LogP contribution in [-0.2, 0) is 4.57 Å². The quantitative estimate of drug-likeness (QED) is 0.221. The fraction of sp³-hybridized carbons (Fsp3) is 0. The second-order valence-corrected chi connectivity index (χ2v) is 12.9. The fourth-order valence-electron chi connectivity index (χ4n) is 2.82. The van der Waals surface area contributed by atoms with Crippen LogP contribution in [-0.4, -0.2) is 4.98 Å². The van der Waals surface area contributed by atoms with Gasteiger partial charge in [-0.2, -0.15) is 0 Å². The maximum atomic E-state index is 14.0. The van der Waals surface area contributed by atoms with E-state index >= 15 is 0 Å². The van der Waals surface area contributed by atoms with Crippen LogP contribution in [0.25, 0.3) is 20.6 Å². The second-order valence-electron chi connectivity index (χ2n) is 6.65. The standard InChI is InChI=1S/C23H16BrCl2N2OPS2/c24-22-12-11-21(32-22)20-15-31-23(27-20)28-30(29,13-18(25)16-7-3-1-4-8-16)14-19(26)17-9-5-2-6-10-17/h1-15H,(H,27,28,29)/b18-13-,19-14-. The lowest BCUT2D eigenvalue weighted by Gasteiger charge is -2.13. The summed E-state index contributed by atoms with van der Waals surface area (Å²) < 4.78 is 15.1. The van der Waals surface area contributed by atoms with Crippen molar-refractivity contribution in [3.63, 3.8) is 0 Å². The van der Waals surface area contributed by atoms with E-state index in [2.05, 4.69) is 26.0 Å². The van der Waals surface area contributed by atoms with Gasteiger partial charge < -0.3 is 5.09 Å². The number of thiophene rings is 1. The lowest BCUT2D eigenvalue weighted by Crippen LogP contribution is -1.94. The largest absolute Gasteiger partial charge is 0.306 e. The van der Waals surface area contributed by atoms with Crippen molar-refractivity contribution in [1.29, 1.82) is 0 Å². The molecule has 2 aromatic heterocycles.